The molecule has 0 radical (unpaired) electrons. The molecule has 0 spiro atoms. The Morgan fingerprint density at radius 3 is 2.51 bits per heavy atom. The van der Waals surface area contributed by atoms with Crippen LogP contribution in [-0.2, 0) is 36.0 Å². The summed E-state index contributed by atoms with van der Waals surface area (Å²) in [5.74, 6) is -0.828. The number of amides is 3. The molecule has 0 saturated carbocycles. The van der Waals surface area contributed by atoms with Crippen LogP contribution in [0.25, 0.3) is 0 Å². The van der Waals surface area contributed by atoms with Gasteiger partial charge in [0, 0.05) is 18.7 Å². The third-order valence-electron chi connectivity index (χ3n) is 7.48. The third kappa shape index (κ3) is 7.20. The fourth-order valence-corrected chi connectivity index (χ4v) is 5.84. The van der Waals surface area contributed by atoms with Gasteiger partial charge in [-0.1, -0.05) is 30.3 Å². The van der Waals surface area contributed by atoms with Gasteiger partial charge >= 0.3 is 0 Å². The summed E-state index contributed by atoms with van der Waals surface area (Å²) in [6.07, 6.45) is 6.52. The first-order valence-corrected chi connectivity index (χ1v) is 15.2. The zero-order valence-electron chi connectivity index (χ0n) is 25.2. The molecular weight excluding hydrogens is 568 g/mol. The van der Waals surface area contributed by atoms with E-state index >= 15 is 0 Å². The standard InChI is InChI=1S/C31H40N6O5S/c1-29(2,3)42-37(21-39)30(4,5)28(41)34-24(16-22-13-15-43-18-22)27(40)35-26-17-36(20-33-26)31(19-38,25-12-9-14-32-25)23-10-7-6-8-11-23/h6-8,10-11,13,15,17-21,24-25,32H,9,12,14,16H2,1-5H3,(H,34,41)(H,35,40)/t24-,25?,31?/m1/s1. The molecule has 3 aromatic rings. The molecule has 4 rings (SSSR count). The molecule has 3 heterocycles. The molecule has 1 fully saturated rings. The van der Waals surface area contributed by atoms with Crippen LogP contribution in [0, 0.1) is 0 Å². The van der Waals surface area contributed by atoms with Gasteiger partial charge < -0.3 is 25.3 Å². The Labute approximate surface area is 256 Å². The van der Waals surface area contributed by atoms with Crippen LogP contribution in [0.2, 0.25) is 0 Å². The van der Waals surface area contributed by atoms with Crippen LogP contribution in [0.5, 0.6) is 0 Å². The van der Waals surface area contributed by atoms with E-state index in [9.17, 15) is 19.2 Å². The van der Waals surface area contributed by atoms with Gasteiger partial charge in [-0.2, -0.15) is 11.3 Å². The molecule has 3 amide bonds. The summed E-state index contributed by atoms with van der Waals surface area (Å²) in [5, 5.41) is 13.8. The minimum Gasteiger partial charge on any atom is -0.342 e. The second-order valence-corrected chi connectivity index (χ2v) is 12.9. The predicted octanol–water partition coefficient (Wildman–Crippen LogP) is 3.27. The number of hydroxylamine groups is 2. The number of carbonyl (C=O) groups excluding carboxylic acids is 4. The highest BCUT2D eigenvalue weighted by atomic mass is 32.1. The molecule has 43 heavy (non-hydrogen) atoms. The van der Waals surface area contributed by atoms with E-state index in [0.717, 1.165) is 41.9 Å². The second-order valence-electron chi connectivity index (χ2n) is 12.2. The Bertz CT molecular complexity index is 1400. The van der Waals surface area contributed by atoms with Crippen LogP contribution in [0.4, 0.5) is 5.82 Å². The number of hydrogen-bond donors (Lipinski definition) is 3. The summed E-state index contributed by atoms with van der Waals surface area (Å²) in [4.78, 5) is 62.0. The monoisotopic (exact) mass is 608 g/mol. The van der Waals surface area contributed by atoms with Gasteiger partial charge in [0.25, 0.3) is 0 Å². The van der Waals surface area contributed by atoms with Gasteiger partial charge in [-0.05, 0) is 82.0 Å². The molecule has 1 aliphatic heterocycles. The number of aldehydes is 1. The van der Waals surface area contributed by atoms with Crippen LogP contribution in [0.15, 0.2) is 59.7 Å². The molecule has 1 aromatic carbocycles. The van der Waals surface area contributed by atoms with Crippen molar-refractivity contribution < 1.29 is 24.0 Å². The van der Waals surface area contributed by atoms with Crippen LogP contribution in [-0.4, -0.2) is 68.9 Å². The van der Waals surface area contributed by atoms with Crippen LogP contribution in [0.1, 0.15) is 58.6 Å². The SMILES string of the molecule is CC(C)(C)ON(C=O)C(C)(C)C(=O)N[C@H](Cc1ccsc1)C(=O)Nc1cn(C(C=O)(c2ccccc2)C2CCCN2)cn1. The lowest BCUT2D eigenvalue weighted by atomic mass is 9.82. The highest BCUT2D eigenvalue weighted by molar-refractivity contribution is 7.07. The molecule has 1 saturated heterocycles. The van der Waals surface area contributed by atoms with Gasteiger partial charge in [-0.15, -0.1) is 0 Å². The topological polar surface area (TPSA) is 135 Å². The van der Waals surface area contributed by atoms with Gasteiger partial charge in [0.05, 0.1) is 11.9 Å². The van der Waals surface area contributed by atoms with Gasteiger partial charge in [0.15, 0.2) is 12.1 Å². The Hall–Kier alpha value is -3.87. The maximum Gasteiger partial charge on any atom is 0.248 e. The summed E-state index contributed by atoms with van der Waals surface area (Å²) in [5.41, 5.74) is -1.54. The first-order chi connectivity index (χ1) is 20.4. The molecule has 11 nitrogen and oxygen atoms in total. The Kier molecular flexibility index (Phi) is 9.83. The van der Waals surface area contributed by atoms with E-state index in [2.05, 4.69) is 20.9 Å². The van der Waals surface area contributed by atoms with Crippen molar-refractivity contribution >= 4 is 41.7 Å². The van der Waals surface area contributed by atoms with Crippen molar-refractivity contribution in [3.8, 4) is 0 Å². The average molecular weight is 609 g/mol. The van der Waals surface area contributed by atoms with Crippen molar-refractivity contribution in [2.24, 2.45) is 0 Å². The summed E-state index contributed by atoms with van der Waals surface area (Å²) < 4.78 is 1.73. The summed E-state index contributed by atoms with van der Waals surface area (Å²) >= 11 is 1.48. The highest BCUT2D eigenvalue weighted by Gasteiger charge is 2.44. The van der Waals surface area contributed by atoms with Gasteiger partial charge in [0.1, 0.15) is 17.1 Å². The van der Waals surface area contributed by atoms with Crippen LogP contribution < -0.4 is 16.0 Å². The fourth-order valence-electron chi connectivity index (χ4n) is 5.16. The molecular formula is C31H40N6O5S. The molecule has 0 bridgehead atoms. The van der Waals surface area contributed by atoms with E-state index in [0.29, 0.717) is 6.41 Å². The molecule has 3 N–H and O–H groups in total. The number of nitrogens with zero attached hydrogens (tertiary/aromatic N) is 3. The lowest BCUT2D eigenvalue weighted by molar-refractivity contribution is -0.247. The maximum absolute atomic E-state index is 13.7. The van der Waals surface area contributed by atoms with Crippen molar-refractivity contribution in [3.63, 3.8) is 0 Å². The number of aromatic nitrogens is 2. The summed E-state index contributed by atoms with van der Waals surface area (Å²) in [7, 11) is 0. The van der Waals surface area contributed by atoms with Gasteiger partial charge in [-0.25, -0.2) is 10.0 Å². The van der Waals surface area contributed by atoms with Crippen molar-refractivity contribution in [2.45, 2.75) is 82.6 Å². The van der Waals surface area contributed by atoms with Gasteiger partial charge in [0.2, 0.25) is 18.2 Å². The normalized spacial score (nSPS) is 17.5. The van der Waals surface area contributed by atoms with Crippen molar-refractivity contribution in [3.05, 3.63) is 70.8 Å². The number of anilines is 1. The molecule has 12 heteroatoms. The summed E-state index contributed by atoms with van der Waals surface area (Å²) in [6, 6.07) is 10.2. The van der Waals surface area contributed by atoms with E-state index in [-0.39, 0.29) is 18.3 Å². The Balaban J connectivity index is 1.59. The molecule has 2 aromatic heterocycles. The third-order valence-corrected chi connectivity index (χ3v) is 8.22. The number of hydrogen-bond acceptors (Lipinski definition) is 8. The quantitative estimate of drug-likeness (QED) is 0.200. The smallest absolute Gasteiger partial charge is 0.248 e. The zero-order chi connectivity index (χ0) is 31.3. The maximum atomic E-state index is 13.7. The van der Waals surface area contributed by atoms with Gasteiger partial charge in [-0.3, -0.25) is 19.2 Å². The van der Waals surface area contributed by atoms with E-state index in [1.807, 2.05) is 47.2 Å². The summed E-state index contributed by atoms with van der Waals surface area (Å²) in [6.45, 7) is 9.19. The minimum absolute atomic E-state index is 0.158. The number of thiophene rings is 1. The van der Waals surface area contributed by atoms with Crippen LogP contribution >= 0.6 is 11.3 Å². The average Bonchev–Trinajstić information content (AvgIpc) is 3.77. The van der Waals surface area contributed by atoms with E-state index in [1.54, 1.807) is 51.7 Å². The number of benzene rings is 1. The number of rotatable bonds is 13. The second kappa shape index (κ2) is 13.2. The van der Waals surface area contributed by atoms with E-state index in [4.69, 9.17) is 4.84 Å². The van der Waals surface area contributed by atoms with E-state index < -0.39 is 34.5 Å². The Morgan fingerprint density at radius 1 is 1.19 bits per heavy atom. The molecule has 1 aliphatic rings. The van der Waals surface area contributed by atoms with Crippen molar-refractivity contribution in [1.29, 1.82) is 0 Å². The lowest BCUT2D eigenvalue weighted by Gasteiger charge is -2.37. The fraction of sp³-hybridized carbons (Fsp3) is 0.452. The highest BCUT2D eigenvalue weighted by Crippen LogP contribution is 2.33. The molecule has 2 unspecified atom stereocenters. The number of carbonyl (C=O) groups is 4. The van der Waals surface area contributed by atoms with E-state index in [1.165, 1.54) is 11.3 Å². The first kappa shape index (κ1) is 32.1. The lowest BCUT2D eigenvalue weighted by Crippen LogP contribution is -2.59. The largest absolute Gasteiger partial charge is 0.342 e. The molecule has 3 atom stereocenters. The number of nitrogens with one attached hydrogen (secondary N) is 3. The van der Waals surface area contributed by atoms with Crippen molar-refractivity contribution in [2.75, 3.05) is 11.9 Å². The zero-order valence-corrected chi connectivity index (χ0v) is 26.0. The number of imidazole rings is 1. The van der Waals surface area contributed by atoms with Crippen LogP contribution in [0.3, 0.4) is 0 Å². The predicted molar refractivity (Wildman–Crippen MR) is 164 cm³/mol. The minimum atomic E-state index is -1.42. The molecule has 230 valence electrons. The van der Waals surface area contributed by atoms with Crippen molar-refractivity contribution in [1.82, 2.24) is 25.2 Å². The first-order valence-electron chi connectivity index (χ1n) is 14.3. The Morgan fingerprint density at radius 2 is 1.93 bits per heavy atom. The molecule has 0 aliphatic carbocycles.